The summed E-state index contributed by atoms with van der Waals surface area (Å²) < 4.78 is 12.7. The van der Waals surface area contributed by atoms with E-state index in [0.29, 0.717) is 19.5 Å². The van der Waals surface area contributed by atoms with Crippen LogP contribution < -0.4 is 0 Å². The number of carbonyl (C=O) groups is 1. The van der Waals surface area contributed by atoms with Gasteiger partial charge in [0.05, 0.1) is 0 Å². The Bertz CT molecular complexity index is 806. The van der Waals surface area contributed by atoms with Crippen LogP contribution in [0.25, 0.3) is 0 Å². The van der Waals surface area contributed by atoms with Crippen molar-refractivity contribution >= 4 is 5.91 Å². The van der Waals surface area contributed by atoms with E-state index >= 15 is 0 Å². The number of rotatable bonds is 35. The molecule has 1 amide bonds. The van der Waals surface area contributed by atoms with Crippen molar-refractivity contribution in [3.8, 4) is 0 Å². The van der Waals surface area contributed by atoms with Crippen molar-refractivity contribution in [2.24, 2.45) is 0 Å². The second kappa shape index (κ2) is 35.7. The summed E-state index contributed by atoms with van der Waals surface area (Å²) in [6.07, 6.45) is 49.2. The molecule has 2 atom stereocenters. The summed E-state index contributed by atoms with van der Waals surface area (Å²) in [5.41, 5.74) is 0. The van der Waals surface area contributed by atoms with Gasteiger partial charge < -0.3 is 19.3 Å². The van der Waals surface area contributed by atoms with Crippen LogP contribution in [0.3, 0.4) is 0 Å². The Labute approximate surface area is 311 Å². The molecule has 0 aliphatic carbocycles. The van der Waals surface area contributed by atoms with E-state index in [0.717, 1.165) is 45.4 Å². The van der Waals surface area contributed by atoms with Crippen molar-refractivity contribution in [3.63, 3.8) is 0 Å². The number of hydrogen-bond donors (Lipinski definition) is 0. The minimum absolute atomic E-state index is 0.000817. The number of carbonyl (C=O) groups excluding carboxylic acids is 1. The van der Waals surface area contributed by atoms with Crippen LogP contribution in [0.2, 0.25) is 0 Å². The van der Waals surface area contributed by atoms with Gasteiger partial charge in [0.1, 0.15) is 12.2 Å². The Morgan fingerprint density at radius 2 is 0.900 bits per heavy atom. The van der Waals surface area contributed by atoms with Crippen molar-refractivity contribution in [2.45, 2.75) is 187 Å². The molecule has 0 saturated carbocycles. The van der Waals surface area contributed by atoms with E-state index in [9.17, 15) is 4.79 Å². The van der Waals surface area contributed by atoms with Gasteiger partial charge in [0, 0.05) is 39.3 Å². The monoisotopic (exact) mass is 699 g/mol. The average molecular weight is 699 g/mol. The van der Waals surface area contributed by atoms with E-state index in [-0.39, 0.29) is 18.1 Å². The van der Waals surface area contributed by atoms with E-state index in [1.807, 2.05) is 19.0 Å². The summed E-state index contributed by atoms with van der Waals surface area (Å²) in [5, 5.41) is 0. The molecule has 1 aliphatic rings. The van der Waals surface area contributed by atoms with Crippen LogP contribution in [0.5, 0.6) is 0 Å². The Hall–Kier alpha value is -1.69. The van der Waals surface area contributed by atoms with E-state index in [1.54, 1.807) is 0 Å². The van der Waals surface area contributed by atoms with Crippen LogP contribution in [0, 0.1) is 0 Å². The Balaban J connectivity index is 2.17. The maximum absolute atomic E-state index is 12.9. The zero-order valence-electron chi connectivity index (χ0n) is 33.6. The van der Waals surface area contributed by atoms with Crippen molar-refractivity contribution < 1.29 is 14.3 Å². The lowest BCUT2D eigenvalue weighted by Crippen LogP contribution is -2.32. The van der Waals surface area contributed by atoms with Crippen molar-refractivity contribution in [1.82, 2.24) is 9.80 Å². The molecule has 0 aromatic heterocycles. The summed E-state index contributed by atoms with van der Waals surface area (Å²) in [5.74, 6) is 0.223. The van der Waals surface area contributed by atoms with Crippen LogP contribution in [-0.2, 0) is 14.3 Å². The number of amides is 1. The molecule has 0 N–H and O–H groups in total. The molecule has 5 heteroatoms. The summed E-state index contributed by atoms with van der Waals surface area (Å²) in [6, 6.07) is 0. The molecular formula is C45H82N2O3. The summed E-state index contributed by atoms with van der Waals surface area (Å²) in [7, 11) is 4.05. The summed E-state index contributed by atoms with van der Waals surface area (Å²) in [6.45, 7) is 8.18. The first-order valence-electron chi connectivity index (χ1n) is 21.3. The molecule has 1 heterocycles. The van der Waals surface area contributed by atoms with Gasteiger partial charge >= 0.3 is 0 Å². The molecule has 1 unspecified atom stereocenters. The van der Waals surface area contributed by atoms with Crippen LogP contribution in [0.15, 0.2) is 48.6 Å². The second-order valence-electron chi connectivity index (χ2n) is 14.8. The largest absolute Gasteiger partial charge is 0.374 e. The molecule has 1 aliphatic heterocycles. The molecule has 1 fully saturated rings. The minimum atomic E-state index is 0.000817. The SMILES string of the molecule is CCCCCC=CCC=CCCCCCCCCOC1CN(C(=O)CCN(C)C)C[C@H]1OCCCCCCCCC=CCC=CCCCCC. The molecule has 290 valence electrons. The van der Waals surface area contributed by atoms with E-state index in [1.165, 1.54) is 128 Å². The van der Waals surface area contributed by atoms with Crippen molar-refractivity contribution in [2.75, 3.05) is 46.9 Å². The predicted molar refractivity (Wildman–Crippen MR) is 218 cm³/mol. The van der Waals surface area contributed by atoms with Crippen molar-refractivity contribution in [1.29, 1.82) is 0 Å². The van der Waals surface area contributed by atoms with Gasteiger partial charge in [-0.25, -0.2) is 0 Å². The number of likely N-dealkylation sites (tertiary alicyclic amines) is 1. The molecule has 1 rings (SSSR count). The molecule has 0 aromatic carbocycles. The van der Waals surface area contributed by atoms with E-state index in [4.69, 9.17) is 9.47 Å². The average Bonchev–Trinajstić information content (AvgIpc) is 3.52. The summed E-state index contributed by atoms with van der Waals surface area (Å²) >= 11 is 0. The zero-order valence-corrected chi connectivity index (χ0v) is 33.6. The molecule has 0 radical (unpaired) electrons. The van der Waals surface area contributed by atoms with Gasteiger partial charge in [0.2, 0.25) is 5.91 Å². The molecule has 50 heavy (non-hydrogen) atoms. The number of unbranched alkanes of at least 4 members (excludes halogenated alkanes) is 18. The fourth-order valence-electron chi connectivity index (χ4n) is 6.40. The quantitative estimate of drug-likeness (QED) is 0.0488. The second-order valence-corrected chi connectivity index (χ2v) is 14.8. The van der Waals surface area contributed by atoms with Gasteiger partial charge in [0.25, 0.3) is 0 Å². The first kappa shape index (κ1) is 46.3. The fraction of sp³-hybridized carbons (Fsp3) is 0.800. The third-order valence-electron chi connectivity index (χ3n) is 9.69. The van der Waals surface area contributed by atoms with Crippen LogP contribution in [-0.4, -0.2) is 74.9 Å². The molecule has 0 spiro atoms. The smallest absolute Gasteiger partial charge is 0.224 e. The standard InChI is InChI=1S/C45H82N2O3/c1-5-7-9-11-13-15-17-19-21-23-25-27-29-31-33-35-39-49-43-41-47(45(48)37-38-46(3)4)42-44(43)50-40-36-34-32-30-28-26-24-22-20-18-16-14-12-10-8-6-2/h13-16,19-22,43-44H,5-12,17-18,23-42H2,1-4H3/t43-,44?/m1/s1. The van der Waals surface area contributed by atoms with Gasteiger partial charge in [-0.1, -0.05) is 140 Å². The lowest BCUT2D eigenvalue weighted by molar-refractivity contribution is -0.131. The first-order chi connectivity index (χ1) is 24.6. The van der Waals surface area contributed by atoms with Gasteiger partial charge in [-0.3, -0.25) is 4.79 Å². The van der Waals surface area contributed by atoms with Gasteiger partial charge in [0.15, 0.2) is 0 Å². The third-order valence-corrected chi connectivity index (χ3v) is 9.69. The third kappa shape index (κ3) is 28.9. The molecule has 0 aromatic rings. The number of allylic oxidation sites excluding steroid dienone is 8. The molecule has 5 nitrogen and oxygen atoms in total. The van der Waals surface area contributed by atoms with Gasteiger partial charge in [-0.05, 0) is 91.1 Å². The maximum atomic E-state index is 12.9. The molecular weight excluding hydrogens is 617 g/mol. The Morgan fingerprint density at radius 1 is 0.540 bits per heavy atom. The first-order valence-corrected chi connectivity index (χ1v) is 21.3. The highest BCUT2D eigenvalue weighted by atomic mass is 16.5. The van der Waals surface area contributed by atoms with E-state index in [2.05, 4.69) is 67.4 Å². The Morgan fingerprint density at radius 3 is 1.28 bits per heavy atom. The lowest BCUT2D eigenvalue weighted by Gasteiger charge is -2.19. The molecule has 0 bridgehead atoms. The highest BCUT2D eigenvalue weighted by Crippen LogP contribution is 2.20. The summed E-state index contributed by atoms with van der Waals surface area (Å²) in [4.78, 5) is 16.9. The van der Waals surface area contributed by atoms with Gasteiger partial charge in [-0.15, -0.1) is 0 Å². The Kier molecular flexibility index (Phi) is 33.1. The highest BCUT2D eigenvalue weighted by molar-refractivity contribution is 5.76. The highest BCUT2D eigenvalue weighted by Gasteiger charge is 2.36. The maximum Gasteiger partial charge on any atom is 0.224 e. The topological polar surface area (TPSA) is 42.0 Å². The fourth-order valence-corrected chi connectivity index (χ4v) is 6.40. The predicted octanol–water partition coefficient (Wildman–Crippen LogP) is 12.2. The number of hydrogen-bond acceptors (Lipinski definition) is 4. The number of nitrogens with zero attached hydrogens (tertiary/aromatic N) is 2. The normalized spacial score (nSPS) is 16.9. The van der Waals surface area contributed by atoms with E-state index < -0.39 is 0 Å². The minimum Gasteiger partial charge on any atom is -0.374 e. The van der Waals surface area contributed by atoms with Gasteiger partial charge in [-0.2, -0.15) is 0 Å². The number of ether oxygens (including phenoxy) is 2. The zero-order chi connectivity index (χ0) is 36.2. The van der Waals surface area contributed by atoms with Crippen LogP contribution in [0.1, 0.15) is 174 Å². The van der Waals surface area contributed by atoms with Crippen LogP contribution in [0.4, 0.5) is 0 Å². The lowest BCUT2D eigenvalue weighted by atomic mass is 10.1. The molecule has 1 saturated heterocycles. The van der Waals surface area contributed by atoms with Crippen molar-refractivity contribution in [3.05, 3.63) is 48.6 Å². The van der Waals surface area contributed by atoms with Crippen LogP contribution >= 0.6 is 0 Å².